The Bertz CT molecular complexity index is 686. The first-order valence-corrected chi connectivity index (χ1v) is 6.58. The predicted molar refractivity (Wildman–Crippen MR) is 79.9 cm³/mol. The maximum atomic E-state index is 12.2. The van der Waals surface area contributed by atoms with Gasteiger partial charge in [0.2, 0.25) is 0 Å². The van der Waals surface area contributed by atoms with Gasteiger partial charge in [0.05, 0.1) is 4.92 Å². The number of rotatable bonds is 3. The maximum absolute atomic E-state index is 12.2. The van der Waals surface area contributed by atoms with Crippen LogP contribution in [0.1, 0.15) is 15.9 Å². The molecule has 0 fully saturated rings. The van der Waals surface area contributed by atoms with E-state index in [1.165, 1.54) is 12.1 Å². The molecule has 0 saturated heterocycles. The Morgan fingerprint density at radius 2 is 2.00 bits per heavy atom. The number of amides is 1. The summed E-state index contributed by atoms with van der Waals surface area (Å²) in [5, 5.41) is 13.5. The van der Waals surface area contributed by atoms with Gasteiger partial charge in [-0.05, 0) is 30.7 Å². The lowest BCUT2D eigenvalue weighted by molar-refractivity contribution is -0.384. The first-order chi connectivity index (χ1) is 9.47. The third kappa shape index (κ3) is 3.21. The SMILES string of the molecule is Cc1ccc([N+](=O)[O-])cc1C(=O)Nc1cccc(Br)c1. The second-order valence-electron chi connectivity index (χ2n) is 4.22. The van der Waals surface area contributed by atoms with Gasteiger partial charge in [0.1, 0.15) is 0 Å². The van der Waals surface area contributed by atoms with E-state index in [9.17, 15) is 14.9 Å². The van der Waals surface area contributed by atoms with E-state index in [1.54, 1.807) is 31.2 Å². The van der Waals surface area contributed by atoms with Crippen molar-refractivity contribution in [1.29, 1.82) is 0 Å². The van der Waals surface area contributed by atoms with E-state index in [2.05, 4.69) is 21.2 Å². The largest absolute Gasteiger partial charge is 0.322 e. The minimum atomic E-state index is -0.519. The van der Waals surface area contributed by atoms with Gasteiger partial charge in [0, 0.05) is 27.9 Å². The lowest BCUT2D eigenvalue weighted by Crippen LogP contribution is -2.13. The van der Waals surface area contributed by atoms with Gasteiger partial charge in [-0.25, -0.2) is 0 Å². The summed E-state index contributed by atoms with van der Waals surface area (Å²) in [7, 11) is 0. The van der Waals surface area contributed by atoms with Crippen LogP contribution in [0.3, 0.4) is 0 Å². The van der Waals surface area contributed by atoms with Crippen molar-refractivity contribution in [3.05, 3.63) is 68.2 Å². The molecule has 0 saturated carbocycles. The molecule has 0 aromatic heterocycles. The van der Waals surface area contributed by atoms with Gasteiger partial charge in [-0.15, -0.1) is 0 Å². The fraction of sp³-hybridized carbons (Fsp3) is 0.0714. The van der Waals surface area contributed by atoms with Gasteiger partial charge >= 0.3 is 0 Å². The Kier molecular flexibility index (Phi) is 4.14. The summed E-state index contributed by atoms with van der Waals surface area (Å²) in [5.41, 5.74) is 1.49. The van der Waals surface area contributed by atoms with Crippen molar-refractivity contribution >= 4 is 33.2 Å². The minimum absolute atomic E-state index is 0.102. The zero-order chi connectivity index (χ0) is 14.7. The average molecular weight is 335 g/mol. The molecule has 0 bridgehead atoms. The zero-order valence-electron chi connectivity index (χ0n) is 10.6. The van der Waals surface area contributed by atoms with E-state index >= 15 is 0 Å². The molecule has 0 radical (unpaired) electrons. The number of nitro groups is 1. The standard InChI is InChI=1S/C14H11BrN2O3/c1-9-5-6-12(17(19)20)8-13(9)14(18)16-11-4-2-3-10(15)7-11/h2-8H,1H3,(H,16,18). The van der Waals surface area contributed by atoms with E-state index in [0.717, 1.165) is 4.47 Å². The van der Waals surface area contributed by atoms with Gasteiger partial charge in [-0.3, -0.25) is 14.9 Å². The van der Waals surface area contributed by atoms with Crippen molar-refractivity contribution in [3.8, 4) is 0 Å². The summed E-state index contributed by atoms with van der Waals surface area (Å²) >= 11 is 3.31. The van der Waals surface area contributed by atoms with Crippen LogP contribution in [0, 0.1) is 17.0 Å². The van der Waals surface area contributed by atoms with E-state index < -0.39 is 4.92 Å². The smallest absolute Gasteiger partial charge is 0.270 e. The molecule has 1 amide bonds. The van der Waals surface area contributed by atoms with E-state index in [0.29, 0.717) is 16.8 Å². The Morgan fingerprint density at radius 1 is 1.25 bits per heavy atom. The highest BCUT2D eigenvalue weighted by atomic mass is 79.9. The van der Waals surface area contributed by atoms with Gasteiger partial charge in [0.15, 0.2) is 0 Å². The number of carbonyl (C=O) groups excluding carboxylic acids is 1. The molecule has 2 rings (SSSR count). The van der Waals surface area contributed by atoms with Crippen LogP contribution in [0.15, 0.2) is 46.9 Å². The molecule has 0 unspecified atom stereocenters. The number of nitrogens with one attached hydrogen (secondary N) is 1. The highest BCUT2D eigenvalue weighted by molar-refractivity contribution is 9.10. The molecule has 6 heteroatoms. The van der Waals surface area contributed by atoms with E-state index in [-0.39, 0.29) is 11.6 Å². The summed E-state index contributed by atoms with van der Waals surface area (Å²) in [4.78, 5) is 22.4. The van der Waals surface area contributed by atoms with Crippen LogP contribution in [-0.2, 0) is 0 Å². The summed E-state index contributed by atoms with van der Waals surface area (Å²) in [5.74, 6) is -0.371. The molecule has 0 aliphatic heterocycles. The number of carbonyl (C=O) groups is 1. The van der Waals surface area contributed by atoms with E-state index in [4.69, 9.17) is 0 Å². The maximum Gasteiger partial charge on any atom is 0.270 e. The molecular formula is C14H11BrN2O3. The number of nitro benzene ring substituents is 1. The summed E-state index contributed by atoms with van der Waals surface area (Å²) in [6, 6.07) is 11.4. The fourth-order valence-corrected chi connectivity index (χ4v) is 2.13. The van der Waals surface area contributed by atoms with Crippen LogP contribution in [0.2, 0.25) is 0 Å². The first kappa shape index (κ1) is 14.2. The highest BCUT2D eigenvalue weighted by Gasteiger charge is 2.14. The number of aryl methyl sites for hydroxylation is 1. The third-order valence-electron chi connectivity index (χ3n) is 2.76. The van der Waals surface area contributed by atoms with Gasteiger partial charge in [-0.1, -0.05) is 28.1 Å². The quantitative estimate of drug-likeness (QED) is 0.683. The van der Waals surface area contributed by atoms with Crippen LogP contribution < -0.4 is 5.32 Å². The van der Waals surface area contributed by atoms with Crippen LogP contribution in [0.25, 0.3) is 0 Å². The van der Waals surface area contributed by atoms with Crippen molar-refractivity contribution in [2.75, 3.05) is 5.32 Å². The number of halogens is 1. The van der Waals surface area contributed by atoms with E-state index in [1.807, 2.05) is 6.07 Å². The Hall–Kier alpha value is -2.21. The summed E-state index contributed by atoms with van der Waals surface area (Å²) < 4.78 is 0.839. The first-order valence-electron chi connectivity index (χ1n) is 5.79. The molecule has 2 aromatic rings. The second-order valence-corrected chi connectivity index (χ2v) is 5.14. The van der Waals surface area contributed by atoms with Crippen molar-refractivity contribution in [2.45, 2.75) is 6.92 Å². The lowest BCUT2D eigenvalue weighted by atomic mass is 10.1. The molecule has 2 aromatic carbocycles. The zero-order valence-corrected chi connectivity index (χ0v) is 12.2. The highest BCUT2D eigenvalue weighted by Crippen LogP contribution is 2.20. The van der Waals surface area contributed by atoms with Crippen LogP contribution in [0.5, 0.6) is 0 Å². The molecule has 102 valence electrons. The van der Waals surface area contributed by atoms with Gasteiger partial charge in [0.25, 0.3) is 11.6 Å². The Morgan fingerprint density at radius 3 is 2.65 bits per heavy atom. The predicted octanol–water partition coefficient (Wildman–Crippen LogP) is 3.92. The molecule has 0 atom stereocenters. The third-order valence-corrected chi connectivity index (χ3v) is 3.25. The number of hydrogen-bond donors (Lipinski definition) is 1. The number of benzene rings is 2. The van der Waals surface area contributed by atoms with Crippen molar-refractivity contribution < 1.29 is 9.72 Å². The second kappa shape index (κ2) is 5.83. The topological polar surface area (TPSA) is 72.2 Å². The van der Waals surface area contributed by atoms with Crippen molar-refractivity contribution in [3.63, 3.8) is 0 Å². The molecule has 1 N–H and O–H groups in total. The molecule has 0 spiro atoms. The number of hydrogen-bond acceptors (Lipinski definition) is 3. The van der Waals surface area contributed by atoms with Crippen LogP contribution in [-0.4, -0.2) is 10.8 Å². The number of nitrogens with zero attached hydrogens (tertiary/aromatic N) is 1. The normalized spacial score (nSPS) is 10.1. The average Bonchev–Trinajstić information content (AvgIpc) is 2.38. The Labute approximate surface area is 123 Å². The monoisotopic (exact) mass is 334 g/mol. The molecule has 0 heterocycles. The Balaban J connectivity index is 2.29. The van der Waals surface area contributed by atoms with Crippen LogP contribution in [0.4, 0.5) is 11.4 Å². The lowest BCUT2D eigenvalue weighted by Gasteiger charge is -2.08. The van der Waals surface area contributed by atoms with Gasteiger partial charge < -0.3 is 5.32 Å². The molecule has 0 aliphatic carbocycles. The van der Waals surface area contributed by atoms with Gasteiger partial charge in [-0.2, -0.15) is 0 Å². The molecule has 5 nitrogen and oxygen atoms in total. The summed E-state index contributed by atoms with van der Waals surface area (Å²) in [6.07, 6.45) is 0. The summed E-state index contributed by atoms with van der Waals surface area (Å²) in [6.45, 7) is 1.74. The molecule has 20 heavy (non-hydrogen) atoms. The van der Waals surface area contributed by atoms with Crippen molar-refractivity contribution in [2.24, 2.45) is 0 Å². The minimum Gasteiger partial charge on any atom is -0.322 e. The molecule has 0 aliphatic rings. The van der Waals surface area contributed by atoms with Crippen LogP contribution >= 0.6 is 15.9 Å². The van der Waals surface area contributed by atoms with Crippen molar-refractivity contribution in [1.82, 2.24) is 0 Å². The fourth-order valence-electron chi connectivity index (χ4n) is 1.73. The molecular weight excluding hydrogens is 324 g/mol. The number of non-ortho nitro benzene ring substituents is 1. The number of anilines is 1.